The molecule has 1 aliphatic carbocycles. The molecule has 1 atom stereocenters. The van der Waals surface area contributed by atoms with Crippen molar-refractivity contribution in [3.05, 3.63) is 51.2 Å². The van der Waals surface area contributed by atoms with Crippen molar-refractivity contribution in [1.29, 1.82) is 0 Å². The largest absolute Gasteiger partial charge is 0.320 e. The van der Waals surface area contributed by atoms with Crippen molar-refractivity contribution in [2.45, 2.75) is 25.3 Å². The Labute approximate surface area is 103 Å². The quantitative estimate of drug-likeness (QED) is 0.887. The molecule has 2 aromatic heterocycles. The van der Waals surface area contributed by atoms with Gasteiger partial charge < -0.3 is 5.73 Å². The summed E-state index contributed by atoms with van der Waals surface area (Å²) in [5.41, 5.74) is 8.31. The van der Waals surface area contributed by atoms with Gasteiger partial charge in [0.2, 0.25) is 0 Å². The minimum Gasteiger partial charge on any atom is -0.320 e. The Hall–Kier alpha value is -1.26. The Balaban J connectivity index is 1.93. The van der Waals surface area contributed by atoms with Gasteiger partial charge in [-0.15, -0.1) is 11.3 Å². The third-order valence-corrected chi connectivity index (χ3v) is 4.48. The third kappa shape index (κ3) is 1.98. The van der Waals surface area contributed by atoms with E-state index in [1.54, 1.807) is 17.5 Å². The molecule has 88 valence electrons. The summed E-state index contributed by atoms with van der Waals surface area (Å²) in [7, 11) is 0. The lowest BCUT2D eigenvalue weighted by molar-refractivity contribution is 0.616. The van der Waals surface area contributed by atoms with Crippen molar-refractivity contribution in [3.63, 3.8) is 0 Å². The average Bonchev–Trinajstić information content (AvgIpc) is 2.88. The van der Waals surface area contributed by atoms with Crippen LogP contribution in [0.25, 0.3) is 0 Å². The minimum atomic E-state index is -0.331. The molecule has 1 aliphatic rings. The van der Waals surface area contributed by atoms with Gasteiger partial charge in [0.05, 0.1) is 12.2 Å². The molecule has 0 bridgehead atoms. The number of aryl methyl sites for hydroxylation is 2. The molecule has 0 saturated heterocycles. The number of thiophene rings is 1. The third-order valence-electron chi connectivity index (χ3n) is 3.16. The zero-order valence-corrected chi connectivity index (χ0v) is 10.1. The van der Waals surface area contributed by atoms with Gasteiger partial charge in [0.25, 0.3) is 0 Å². The Bertz CT molecular complexity index is 529. The maximum atomic E-state index is 13.1. The molecule has 2 heterocycles. The van der Waals surface area contributed by atoms with Gasteiger partial charge >= 0.3 is 0 Å². The summed E-state index contributed by atoms with van der Waals surface area (Å²) in [5, 5.41) is 0. The van der Waals surface area contributed by atoms with Crippen molar-refractivity contribution in [2.75, 3.05) is 0 Å². The normalized spacial score (nSPS) is 15.9. The summed E-state index contributed by atoms with van der Waals surface area (Å²) >= 11 is 1.76. The van der Waals surface area contributed by atoms with Crippen molar-refractivity contribution < 1.29 is 4.39 Å². The summed E-state index contributed by atoms with van der Waals surface area (Å²) in [6, 6.07) is 3.37. The van der Waals surface area contributed by atoms with Crippen LogP contribution in [0.5, 0.6) is 0 Å². The summed E-state index contributed by atoms with van der Waals surface area (Å²) in [6.45, 7) is 0. The molecule has 2 N–H and O–H groups in total. The molecule has 0 radical (unpaired) electrons. The van der Waals surface area contributed by atoms with Crippen molar-refractivity contribution >= 4 is 11.3 Å². The Morgan fingerprint density at radius 2 is 2.18 bits per heavy atom. The number of halogens is 1. The van der Waals surface area contributed by atoms with Crippen LogP contribution >= 0.6 is 11.3 Å². The standard InChI is InChI=1S/C13H13FN2S/c14-10-4-9(6-16-7-10)13(15)12-5-8-2-1-3-11(8)17-12/h4-7,13H,1-3,15H2. The van der Waals surface area contributed by atoms with E-state index in [0.717, 1.165) is 23.3 Å². The summed E-state index contributed by atoms with van der Waals surface area (Å²) in [4.78, 5) is 6.40. The summed E-state index contributed by atoms with van der Waals surface area (Å²) in [5.74, 6) is -0.331. The van der Waals surface area contributed by atoms with Crippen LogP contribution in [0.1, 0.15) is 33.3 Å². The first-order valence-corrected chi connectivity index (χ1v) is 6.53. The smallest absolute Gasteiger partial charge is 0.141 e. The highest BCUT2D eigenvalue weighted by Gasteiger charge is 2.19. The van der Waals surface area contributed by atoms with Crippen LogP contribution in [0.15, 0.2) is 24.5 Å². The molecule has 1 unspecified atom stereocenters. The first-order chi connectivity index (χ1) is 8.24. The average molecular weight is 248 g/mol. The number of hydrogen-bond donors (Lipinski definition) is 1. The molecule has 3 rings (SSSR count). The highest BCUT2D eigenvalue weighted by atomic mass is 32.1. The molecule has 0 spiro atoms. The monoisotopic (exact) mass is 248 g/mol. The molecule has 2 nitrogen and oxygen atoms in total. The molecule has 17 heavy (non-hydrogen) atoms. The number of nitrogens with two attached hydrogens (primary N) is 1. The lowest BCUT2D eigenvalue weighted by Gasteiger charge is -2.09. The highest BCUT2D eigenvalue weighted by Crippen LogP contribution is 2.34. The maximum absolute atomic E-state index is 13.1. The van der Waals surface area contributed by atoms with Crippen molar-refractivity contribution in [3.8, 4) is 0 Å². The zero-order valence-electron chi connectivity index (χ0n) is 9.32. The Kier molecular flexibility index (Phi) is 2.68. The highest BCUT2D eigenvalue weighted by molar-refractivity contribution is 7.12. The lowest BCUT2D eigenvalue weighted by atomic mass is 10.1. The molecule has 0 saturated carbocycles. The molecule has 0 aromatic carbocycles. The predicted octanol–water partition coefficient (Wildman–Crippen LogP) is 2.82. The van der Waals surface area contributed by atoms with Gasteiger partial charge in [-0.05, 0) is 42.5 Å². The van der Waals surface area contributed by atoms with Crippen molar-refractivity contribution in [1.82, 2.24) is 4.98 Å². The summed E-state index contributed by atoms with van der Waals surface area (Å²) in [6.07, 6.45) is 6.40. The second-order valence-electron chi connectivity index (χ2n) is 4.36. The topological polar surface area (TPSA) is 38.9 Å². The fourth-order valence-electron chi connectivity index (χ4n) is 2.27. The molecular formula is C13H13FN2S. The van der Waals surface area contributed by atoms with Crippen LogP contribution in [-0.4, -0.2) is 4.98 Å². The maximum Gasteiger partial charge on any atom is 0.141 e. The second-order valence-corrected chi connectivity index (χ2v) is 5.53. The molecule has 0 fully saturated rings. The molecule has 2 aromatic rings. The lowest BCUT2D eigenvalue weighted by Crippen LogP contribution is -2.10. The van der Waals surface area contributed by atoms with Crippen LogP contribution in [-0.2, 0) is 12.8 Å². The van der Waals surface area contributed by atoms with Gasteiger partial charge in [0, 0.05) is 16.0 Å². The van der Waals surface area contributed by atoms with Gasteiger partial charge in [0.15, 0.2) is 0 Å². The molecule has 0 aliphatic heterocycles. The van der Waals surface area contributed by atoms with E-state index in [2.05, 4.69) is 11.1 Å². The van der Waals surface area contributed by atoms with Crippen LogP contribution in [0.4, 0.5) is 4.39 Å². The van der Waals surface area contributed by atoms with E-state index in [0.29, 0.717) is 0 Å². The van der Waals surface area contributed by atoms with Crippen LogP contribution in [0.3, 0.4) is 0 Å². The van der Waals surface area contributed by atoms with Crippen LogP contribution in [0.2, 0.25) is 0 Å². The molecule has 0 amide bonds. The molecule has 4 heteroatoms. The second kappa shape index (κ2) is 4.20. The number of fused-ring (bicyclic) bond motifs is 1. The first kappa shape index (κ1) is 10.9. The van der Waals surface area contributed by atoms with Gasteiger partial charge in [-0.2, -0.15) is 0 Å². The van der Waals surface area contributed by atoms with E-state index in [-0.39, 0.29) is 11.9 Å². The van der Waals surface area contributed by atoms with E-state index in [9.17, 15) is 4.39 Å². The van der Waals surface area contributed by atoms with Gasteiger partial charge in [-0.25, -0.2) is 4.39 Å². The summed E-state index contributed by atoms with van der Waals surface area (Å²) < 4.78 is 13.1. The zero-order chi connectivity index (χ0) is 11.8. The molecular weight excluding hydrogens is 235 g/mol. The fraction of sp³-hybridized carbons (Fsp3) is 0.308. The number of hydrogen-bond acceptors (Lipinski definition) is 3. The Morgan fingerprint density at radius 3 is 2.94 bits per heavy atom. The van der Waals surface area contributed by atoms with E-state index >= 15 is 0 Å². The van der Waals surface area contributed by atoms with Crippen LogP contribution < -0.4 is 5.73 Å². The fourth-order valence-corrected chi connectivity index (χ4v) is 3.56. The first-order valence-electron chi connectivity index (χ1n) is 5.71. The van der Waals surface area contributed by atoms with E-state index in [1.165, 1.54) is 29.1 Å². The number of nitrogens with zero attached hydrogens (tertiary/aromatic N) is 1. The van der Waals surface area contributed by atoms with Crippen LogP contribution in [0, 0.1) is 5.82 Å². The van der Waals surface area contributed by atoms with Crippen molar-refractivity contribution in [2.24, 2.45) is 5.73 Å². The Morgan fingerprint density at radius 1 is 1.29 bits per heavy atom. The van der Waals surface area contributed by atoms with E-state index < -0.39 is 0 Å². The van der Waals surface area contributed by atoms with E-state index in [4.69, 9.17) is 5.73 Å². The SMILES string of the molecule is NC(c1cncc(F)c1)c1cc2c(s1)CCC2. The van der Waals surface area contributed by atoms with Gasteiger partial charge in [0.1, 0.15) is 5.82 Å². The van der Waals surface area contributed by atoms with Gasteiger partial charge in [-0.3, -0.25) is 4.98 Å². The van der Waals surface area contributed by atoms with Gasteiger partial charge in [-0.1, -0.05) is 0 Å². The number of aromatic nitrogens is 1. The number of rotatable bonds is 2. The number of pyridine rings is 1. The minimum absolute atomic E-state index is 0.256. The van der Waals surface area contributed by atoms with E-state index in [1.807, 2.05) is 0 Å². The predicted molar refractivity (Wildman–Crippen MR) is 66.6 cm³/mol.